The first kappa shape index (κ1) is 30.2. The fourth-order valence-electron chi connectivity index (χ4n) is 4.01. The molecule has 0 saturated carbocycles. The molecule has 208 valence electrons. The van der Waals surface area contributed by atoms with E-state index in [4.69, 9.17) is 11.6 Å². The van der Waals surface area contributed by atoms with Crippen molar-refractivity contribution in [2.24, 2.45) is 0 Å². The summed E-state index contributed by atoms with van der Waals surface area (Å²) in [6.07, 6.45) is 0.788. The Morgan fingerprint density at radius 1 is 0.923 bits per heavy atom. The van der Waals surface area contributed by atoms with Crippen LogP contribution < -0.4 is 9.62 Å². The fourth-order valence-corrected chi connectivity index (χ4v) is 5.64. The minimum atomic E-state index is -4.10. The van der Waals surface area contributed by atoms with Gasteiger partial charge in [0.1, 0.15) is 12.6 Å². The summed E-state index contributed by atoms with van der Waals surface area (Å²) in [6, 6.07) is 21.2. The molecule has 0 unspecified atom stereocenters. The van der Waals surface area contributed by atoms with E-state index in [1.54, 1.807) is 61.5 Å². The van der Waals surface area contributed by atoms with Gasteiger partial charge in [-0.15, -0.1) is 0 Å². The Bertz CT molecular complexity index is 1390. The third kappa shape index (κ3) is 7.83. The minimum absolute atomic E-state index is 0.0330. The van der Waals surface area contributed by atoms with E-state index in [9.17, 15) is 18.0 Å². The molecule has 1 atom stereocenters. The van der Waals surface area contributed by atoms with Gasteiger partial charge in [0.2, 0.25) is 11.8 Å². The van der Waals surface area contributed by atoms with E-state index in [2.05, 4.69) is 5.32 Å². The van der Waals surface area contributed by atoms with Gasteiger partial charge in [-0.2, -0.15) is 0 Å². The third-order valence-corrected chi connectivity index (χ3v) is 8.36. The summed E-state index contributed by atoms with van der Waals surface area (Å²) in [5.74, 6) is -0.891. The zero-order valence-electron chi connectivity index (χ0n) is 23.0. The molecule has 0 fully saturated rings. The summed E-state index contributed by atoms with van der Waals surface area (Å²) in [5, 5.41) is 3.36. The summed E-state index contributed by atoms with van der Waals surface area (Å²) in [5.41, 5.74) is 1.52. The van der Waals surface area contributed by atoms with Gasteiger partial charge in [-0.05, 0) is 75.6 Å². The summed E-state index contributed by atoms with van der Waals surface area (Å²) >= 11 is 6.40. The first-order chi connectivity index (χ1) is 18.3. The van der Waals surface area contributed by atoms with Gasteiger partial charge < -0.3 is 10.2 Å². The maximum Gasteiger partial charge on any atom is 0.264 e. The Morgan fingerprint density at radius 2 is 1.51 bits per heavy atom. The third-order valence-electron chi connectivity index (χ3n) is 6.21. The number of carbonyl (C=O) groups is 2. The molecule has 0 aliphatic rings. The van der Waals surface area contributed by atoms with E-state index in [0.717, 1.165) is 16.3 Å². The lowest BCUT2D eigenvalue weighted by molar-refractivity contribution is -0.140. The number of anilines is 1. The van der Waals surface area contributed by atoms with E-state index in [0.29, 0.717) is 16.3 Å². The summed E-state index contributed by atoms with van der Waals surface area (Å²) in [7, 11) is -4.10. The molecule has 0 heterocycles. The van der Waals surface area contributed by atoms with Crippen LogP contribution in [0.25, 0.3) is 0 Å². The Hall–Kier alpha value is -3.36. The van der Waals surface area contributed by atoms with E-state index in [1.807, 2.05) is 39.8 Å². The largest absolute Gasteiger partial charge is 0.350 e. The van der Waals surface area contributed by atoms with Crippen LogP contribution >= 0.6 is 11.6 Å². The molecule has 0 bridgehead atoms. The average Bonchev–Trinajstić information content (AvgIpc) is 2.90. The predicted octanol–water partition coefficient (Wildman–Crippen LogP) is 5.43. The van der Waals surface area contributed by atoms with Crippen molar-refractivity contribution in [3.8, 4) is 0 Å². The molecule has 2 amide bonds. The van der Waals surface area contributed by atoms with Crippen molar-refractivity contribution in [2.75, 3.05) is 10.8 Å². The summed E-state index contributed by atoms with van der Waals surface area (Å²) in [4.78, 5) is 28.5. The van der Waals surface area contributed by atoms with Gasteiger partial charge in [0.15, 0.2) is 0 Å². The number of hydrogen-bond donors (Lipinski definition) is 1. The van der Waals surface area contributed by atoms with Gasteiger partial charge in [-0.1, -0.05) is 67.1 Å². The first-order valence-corrected chi connectivity index (χ1v) is 14.7. The Labute approximate surface area is 236 Å². The number of nitrogens with one attached hydrogen (secondary N) is 1. The van der Waals surface area contributed by atoms with Crippen LogP contribution in [-0.4, -0.2) is 43.3 Å². The van der Waals surface area contributed by atoms with Crippen LogP contribution in [0.5, 0.6) is 0 Å². The molecular formula is C30H36ClN3O4S. The highest BCUT2D eigenvalue weighted by atomic mass is 35.5. The maximum atomic E-state index is 14.0. The number of benzene rings is 3. The highest BCUT2D eigenvalue weighted by molar-refractivity contribution is 7.92. The molecular weight excluding hydrogens is 534 g/mol. The first-order valence-electron chi connectivity index (χ1n) is 12.8. The van der Waals surface area contributed by atoms with Gasteiger partial charge in [0.05, 0.1) is 10.6 Å². The van der Waals surface area contributed by atoms with Crippen molar-refractivity contribution in [3.63, 3.8) is 0 Å². The maximum absolute atomic E-state index is 14.0. The second kappa shape index (κ2) is 12.7. The lowest BCUT2D eigenvalue weighted by atomic mass is 10.1. The Balaban J connectivity index is 2.04. The number of sulfonamides is 1. The van der Waals surface area contributed by atoms with Crippen LogP contribution in [-0.2, 0) is 32.6 Å². The van der Waals surface area contributed by atoms with Gasteiger partial charge in [0, 0.05) is 17.1 Å². The number of halogens is 1. The molecule has 3 rings (SSSR count). The van der Waals surface area contributed by atoms with Crippen molar-refractivity contribution in [2.45, 2.75) is 64.1 Å². The second-order valence-corrected chi connectivity index (χ2v) is 12.6. The Morgan fingerprint density at radius 3 is 2.08 bits per heavy atom. The highest BCUT2D eigenvalue weighted by Crippen LogP contribution is 2.26. The highest BCUT2D eigenvalue weighted by Gasteiger charge is 2.33. The van der Waals surface area contributed by atoms with E-state index in [-0.39, 0.29) is 17.3 Å². The van der Waals surface area contributed by atoms with Crippen LogP contribution in [0.1, 0.15) is 45.7 Å². The molecule has 0 saturated heterocycles. The molecule has 9 heteroatoms. The number of hydrogen-bond acceptors (Lipinski definition) is 4. The van der Waals surface area contributed by atoms with Gasteiger partial charge in [0.25, 0.3) is 10.0 Å². The van der Waals surface area contributed by atoms with Gasteiger partial charge in [-0.3, -0.25) is 13.9 Å². The Kier molecular flexibility index (Phi) is 9.80. The monoisotopic (exact) mass is 569 g/mol. The standard InChI is InChI=1S/C30H36ClN3O4S/c1-6-23-16-18-25(19-17-23)34(39(37,38)26-13-8-7-9-14-26)21-28(35)33(20-24-12-10-11-15-27(24)31)22(2)29(36)32-30(3,4)5/h7-19,22H,6,20-21H2,1-5H3,(H,32,36)/t22-/m0/s1. The number of aryl methyl sites for hydroxylation is 1. The van der Waals surface area contributed by atoms with Crippen LogP contribution in [0, 0.1) is 0 Å². The van der Waals surface area contributed by atoms with Crippen molar-refractivity contribution in [3.05, 3.63) is 95.0 Å². The molecule has 1 N–H and O–H groups in total. The molecule has 0 radical (unpaired) electrons. The normalized spacial score (nSPS) is 12.5. The zero-order chi connectivity index (χ0) is 28.8. The second-order valence-electron chi connectivity index (χ2n) is 10.4. The van der Waals surface area contributed by atoms with Crippen LogP contribution in [0.3, 0.4) is 0 Å². The van der Waals surface area contributed by atoms with Crippen molar-refractivity contribution >= 4 is 39.1 Å². The molecule has 0 aromatic heterocycles. The average molecular weight is 570 g/mol. The van der Waals surface area contributed by atoms with Crippen LogP contribution in [0.4, 0.5) is 5.69 Å². The molecule has 0 spiro atoms. The molecule has 3 aromatic carbocycles. The van der Waals surface area contributed by atoms with Crippen LogP contribution in [0.15, 0.2) is 83.8 Å². The van der Waals surface area contributed by atoms with E-state index >= 15 is 0 Å². The predicted molar refractivity (Wildman–Crippen MR) is 156 cm³/mol. The summed E-state index contributed by atoms with van der Waals surface area (Å²) < 4.78 is 28.7. The fraction of sp³-hybridized carbons (Fsp3) is 0.333. The quantitative estimate of drug-likeness (QED) is 0.353. The minimum Gasteiger partial charge on any atom is -0.350 e. The lowest BCUT2D eigenvalue weighted by Crippen LogP contribution is -2.54. The molecule has 7 nitrogen and oxygen atoms in total. The molecule has 0 aliphatic carbocycles. The van der Waals surface area contributed by atoms with E-state index < -0.39 is 34.1 Å². The SMILES string of the molecule is CCc1ccc(N(CC(=O)N(Cc2ccccc2Cl)[C@@H](C)C(=O)NC(C)(C)C)S(=O)(=O)c2ccccc2)cc1. The van der Waals surface area contributed by atoms with Crippen molar-refractivity contribution in [1.29, 1.82) is 0 Å². The van der Waals surface area contributed by atoms with Crippen molar-refractivity contribution < 1.29 is 18.0 Å². The molecule has 39 heavy (non-hydrogen) atoms. The van der Waals surface area contributed by atoms with E-state index in [1.165, 1.54) is 17.0 Å². The number of rotatable bonds is 10. The summed E-state index contributed by atoms with van der Waals surface area (Å²) in [6.45, 7) is 8.73. The van der Waals surface area contributed by atoms with Gasteiger partial charge >= 0.3 is 0 Å². The number of amides is 2. The zero-order valence-corrected chi connectivity index (χ0v) is 24.6. The number of nitrogens with zero attached hydrogens (tertiary/aromatic N) is 2. The van der Waals surface area contributed by atoms with Crippen LogP contribution in [0.2, 0.25) is 5.02 Å². The number of carbonyl (C=O) groups excluding carboxylic acids is 2. The molecule has 3 aromatic rings. The lowest BCUT2D eigenvalue weighted by Gasteiger charge is -2.33. The topological polar surface area (TPSA) is 86.8 Å². The van der Waals surface area contributed by atoms with Crippen molar-refractivity contribution in [1.82, 2.24) is 10.2 Å². The smallest absolute Gasteiger partial charge is 0.264 e. The molecule has 0 aliphatic heterocycles. The van der Waals surface area contributed by atoms with Gasteiger partial charge in [-0.25, -0.2) is 8.42 Å².